The molecule has 1 atom stereocenters. The summed E-state index contributed by atoms with van der Waals surface area (Å²) in [7, 11) is 1.47. The largest absolute Gasteiger partial charge is 0.389 e. The summed E-state index contributed by atoms with van der Waals surface area (Å²) in [6, 6.07) is 9.76. The molecule has 1 saturated heterocycles. The lowest BCUT2D eigenvalue weighted by molar-refractivity contribution is 0.0690. The van der Waals surface area contributed by atoms with Crippen molar-refractivity contribution in [1.29, 1.82) is 0 Å². The Morgan fingerprint density at radius 3 is 2.55 bits per heavy atom. The van der Waals surface area contributed by atoms with Crippen molar-refractivity contribution in [1.82, 2.24) is 4.90 Å². The van der Waals surface area contributed by atoms with Crippen molar-refractivity contribution in [3.63, 3.8) is 0 Å². The van der Waals surface area contributed by atoms with Crippen LogP contribution in [0.25, 0.3) is 0 Å². The van der Waals surface area contributed by atoms with E-state index in [-0.39, 0.29) is 29.9 Å². The standard InChI is InChI=1S/C23H27FN4O5/c1-26(22(31)19-5-3-2-4-16(19)15-29)13-18(30)14-28(23(25)32)17-6-7-21(20(24)12-17)27-8-10-33-11-9-27/h2-7,12,15,18,30H,8-11,13-14H2,1H3,(H2,25,32). The van der Waals surface area contributed by atoms with Crippen LogP contribution in [0, 0.1) is 5.82 Å². The number of amides is 3. The fraction of sp³-hybridized carbons (Fsp3) is 0.348. The fourth-order valence-electron chi connectivity index (χ4n) is 3.71. The van der Waals surface area contributed by atoms with Crippen LogP contribution in [-0.4, -0.2) is 80.8 Å². The number of carbonyl (C=O) groups is 3. The summed E-state index contributed by atoms with van der Waals surface area (Å²) < 4.78 is 20.0. The van der Waals surface area contributed by atoms with Gasteiger partial charge in [0.25, 0.3) is 5.91 Å². The molecule has 1 aliphatic rings. The second kappa shape index (κ2) is 10.9. The third kappa shape index (κ3) is 5.85. The minimum absolute atomic E-state index is 0.135. The molecule has 2 aromatic carbocycles. The van der Waals surface area contributed by atoms with E-state index < -0.39 is 23.9 Å². The van der Waals surface area contributed by atoms with E-state index in [1.54, 1.807) is 24.3 Å². The highest BCUT2D eigenvalue weighted by Gasteiger charge is 2.23. The topological polar surface area (TPSA) is 116 Å². The molecule has 1 heterocycles. The van der Waals surface area contributed by atoms with Crippen molar-refractivity contribution in [3.8, 4) is 0 Å². The molecule has 176 valence electrons. The first-order chi connectivity index (χ1) is 15.8. The molecule has 1 fully saturated rings. The summed E-state index contributed by atoms with van der Waals surface area (Å²) in [4.78, 5) is 40.0. The van der Waals surface area contributed by atoms with Gasteiger partial charge in [0.1, 0.15) is 5.82 Å². The molecule has 0 spiro atoms. The summed E-state index contributed by atoms with van der Waals surface area (Å²) in [6.45, 7) is 1.74. The Hall–Kier alpha value is -3.50. The van der Waals surface area contributed by atoms with Gasteiger partial charge in [-0.25, -0.2) is 9.18 Å². The number of hydrogen-bond donors (Lipinski definition) is 2. The monoisotopic (exact) mass is 458 g/mol. The Morgan fingerprint density at radius 1 is 1.21 bits per heavy atom. The molecular weight excluding hydrogens is 431 g/mol. The SMILES string of the molecule is CN(CC(O)CN(C(N)=O)c1ccc(N2CCOCC2)c(F)c1)C(=O)c1ccccc1C=O. The quantitative estimate of drug-likeness (QED) is 0.579. The minimum atomic E-state index is -1.17. The molecule has 10 heteroatoms. The molecule has 0 radical (unpaired) electrons. The Kier molecular flexibility index (Phi) is 7.96. The summed E-state index contributed by atoms with van der Waals surface area (Å²) in [5.74, 6) is -0.976. The number of aldehydes is 1. The summed E-state index contributed by atoms with van der Waals surface area (Å²) >= 11 is 0. The minimum Gasteiger partial charge on any atom is -0.389 e. The van der Waals surface area contributed by atoms with Gasteiger partial charge in [-0.1, -0.05) is 18.2 Å². The van der Waals surface area contributed by atoms with Crippen LogP contribution in [-0.2, 0) is 4.74 Å². The average Bonchev–Trinajstić information content (AvgIpc) is 2.82. The summed E-state index contributed by atoms with van der Waals surface area (Å²) in [5, 5.41) is 10.5. The molecule has 2 aromatic rings. The van der Waals surface area contributed by atoms with Gasteiger partial charge >= 0.3 is 6.03 Å². The van der Waals surface area contributed by atoms with Crippen LogP contribution in [0.1, 0.15) is 20.7 Å². The number of aliphatic hydroxyl groups excluding tert-OH is 1. The van der Waals surface area contributed by atoms with E-state index in [2.05, 4.69) is 0 Å². The molecule has 3 N–H and O–H groups in total. The smallest absolute Gasteiger partial charge is 0.319 e. The van der Waals surface area contributed by atoms with E-state index in [1.165, 1.54) is 30.1 Å². The predicted molar refractivity (Wildman–Crippen MR) is 121 cm³/mol. The molecule has 1 aliphatic heterocycles. The summed E-state index contributed by atoms with van der Waals surface area (Å²) in [5.41, 5.74) is 6.50. The van der Waals surface area contributed by atoms with Crippen LogP contribution in [0.3, 0.4) is 0 Å². The lowest BCUT2D eigenvalue weighted by Crippen LogP contribution is -2.45. The molecule has 0 aromatic heterocycles. The Morgan fingerprint density at radius 2 is 1.91 bits per heavy atom. The van der Waals surface area contributed by atoms with Crippen LogP contribution in [0.4, 0.5) is 20.6 Å². The third-order valence-electron chi connectivity index (χ3n) is 5.40. The maximum Gasteiger partial charge on any atom is 0.319 e. The Bertz CT molecular complexity index is 1010. The highest BCUT2D eigenvalue weighted by molar-refractivity contribution is 6.01. The van der Waals surface area contributed by atoms with Crippen molar-refractivity contribution in [3.05, 3.63) is 59.4 Å². The number of ether oxygens (including phenoxy) is 1. The van der Waals surface area contributed by atoms with Crippen molar-refractivity contribution < 1.29 is 28.6 Å². The zero-order valence-electron chi connectivity index (χ0n) is 18.3. The maximum absolute atomic E-state index is 14.8. The van der Waals surface area contributed by atoms with Crippen molar-refractivity contribution in [2.45, 2.75) is 6.10 Å². The lowest BCUT2D eigenvalue weighted by atomic mass is 10.1. The first-order valence-corrected chi connectivity index (χ1v) is 10.5. The molecule has 3 rings (SSSR count). The second-order valence-corrected chi connectivity index (χ2v) is 7.73. The van der Waals surface area contributed by atoms with Gasteiger partial charge in [0.15, 0.2) is 6.29 Å². The number of rotatable bonds is 8. The number of halogens is 1. The van der Waals surface area contributed by atoms with Crippen LogP contribution < -0.4 is 15.5 Å². The fourth-order valence-corrected chi connectivity index (χ4v) is 3.71. The number of anilines is 2. The zero-order valence-corrected chi connectivity index (χ0v) is 18.3. The van der Waals surface area contributed by atoms with E-state index in [9.17, 15) is 23.9 Å². The normalized spacial score (nSPS) is 14.5. The van der Waals surface area contributed by atoms with Gasteiger partial charge in [0.05, 0.1) is 37.1 Å². The van der Waals surface area contributed by atoms with Gasteiger partial charge in [0, 0.05) is 37.9 Å². The molecule has 9 nitrogen and oxygen atoms in total. The van der Waals surface area contributed by atoms with Crippen molar-refractivity contribution in [2.75, 3.05) is 56.2 Å². The van der Waals surface area contributed by atoms with Crippen LogP contribution in [0.2, 0.25) is 0 Å². The van der Waals surface area contributed by atoms with E-state index >= 15 is 0 Å². The number of morpholine rings is 1. The number of nitrogens with zero attached hydrogens (tertiary/aromatic N) is 3. The molecule has 3 amide bonds. The molecule has 0 bridgehead atoms. The van der Waals surface area contributed by atoms with E-state index in [0.717, 1.165) is 4.90 Å². The van der Waals surface area contributed by atoms with Gasteiger partial charge < -0.3 is 25.4 Å². The van der Waals surface area contributed by atoms with E-state index in [0.29, 0.717) is 38.3 Å². The molecular formula is C23H27FN4O5. The van der Waals surface area contributed by atoms with Gasteiger partial charge in [-0.05, 0) is 24.3 Å². The van der Waals surface area contributed by atoms with E-state index in [4.69, 9.17) is 10.5 Å². The molecule has 0 saturated carbocycles. The first kappa shape index (κ1) is 24.1. The number of primary amides is 1. The number of nitrogens with two attached hydrogens (primary N) is 1. The van der Waals surface area contributed by atoms with Gasteiger partial charge in [-0.15, -0.1) is 0 Å². The highest BCUT2D eigenvalue weighted by Crippen LogP contribution is 2.26. The van der Waals surface area contributed by atoms with Crippen molar-refractivity contribution >= 4 is 29.6 Å². The van der Waals surface area contributed by atoms with Gasteiger partial charge in [-0.3, -0.25) is 14.5 Å². The molecule has 33 heavy (non-hydrogen) atoms. The number of likely N-dealkylation sites (N-methyl/N-ethyl adjacent to an activating group) is 1. The Balaban J connectivity index is 1.69. The van der Waals surface area contributed by atoms with Crippen LogP contribution in [0.5, 0.6) is 0 Å². The van der Waals surface area contributed by atoms with Gasteiger partial charge in [0.2, 0.25) is 0 Å². The zero-order chi connectivity index (χ0) is 24.0. The number of urea groups is 1. The third-order valence-corrected chi connectivity index (χ3v) is 5.40. The lowest BCUT2D eigenvalue weighted by Gasteiger charge is -2.30. The second-order valence-electron chi connectivity index (χ2n) is 7.73. The Labute approximate surface area is 191 Å². The van der Waals surface area contributed by atoms with Crippen LogP contribution in [0.15, 0.2) is 42.5 Å². The average molecular weight is 458 g/mol. The molecule has 1 unspecified atom stereocenters. The number of aliphatic hydroxyl groups is 1. The van der Waals surface area contributed by atoms with Gasteiger partial charge in [-0.2, -0.15) is 0 Å². The highest BCUT2D eigenvalue weighted by atomic mass is 19.1. The number of benzene rings is 2. The number of carbonyl (C=O) groups excluding carboxylic acids is 3. The molecule has 0 aliphatic carbocycles. The first-order valence-electron chi connectivity index (χ1n) is 10.5. The number of hydrogen-bond acceptors (Lipinski definition) is 6. The van der Waals surface area contributed by atoms with Crippen molar-refractivity contribution in [2.24, 2.45) is 5.73 Å². The predicted octanol–water partition coefficient (Wildman–Crippen LogP) is 1.49. The van der Waals surface area contributed by atoms with Crippen LogP contribution >= 0.6 is 0 Å². The van der Waals surface area contributed by atoms with E-state index in [1.807, 2.05) is 4.90 Å². The maximum atomic E-state index is 14.8. The summed E-state index contributed by atoms with van der Waals surface area (Å²) in [6.07, 6.45) is -0.585.